The summed E-state index contributed by atoms with van der Waals surface area (Å²) < 4.78 is 10.6. The molecule has 0 aliphatic rings. The molecule has 0 aliphatic carbocycles. The third-order valence-corrected chi connectivity index (χ3v) is 3.37. The molecule has 3 heteroatoms. The summed E-state index contributed by atoms with van der Waals surface area (Å²) in [4.78, 5) is 0. The Morgan fingerprint density at radius 1 is 1.00 bits per heavy atom. The van der Waals surface area contributed by atoms with Crippen molar-refractivity contribution in [2.45, 2.75) is 12.3 Å². The second-order valence-electron chi connectivity index (χ2n) is 4.14. The Morgan fingerprint density at radius 2 is 1.74 bits per heavy atom. The molecular formula is C16H17ClO2. The largest absolute Gasteiger partial charge is 0.497 e. The molecule has 100 valence electrons. The number of ether oxygens (including phenoxy) is 2. The molecule has 0 aliphatic heterocycles. The third kappa shape index (κ3) is 3.42. The molecular weight excluding hydrogens is 260 g/mol. The van der Waals surface area contributed by atoms with E-state index in [2.05, 4.69) is 0 Å². The first kappa shape index (κ1) is 13.8. The van der Waals surface area contributed by atoms with Gasteiger partial charge >= 0.3 is 0 Å². The van der Waals surface area contributed by atoms with Gasteiger partial charge in [0.05, 0.1) is 19.1 Å². The molecule has 0 radical (unpaired) electrons. The Kier molecular flexibility index (Phi) is 4.69. The van der Waals surface area contributed by atoms with E-state index in [-0.39, 0.29) is 5.38 Å². The first-order chi connectivity index (χ1) is 9.24. The molecule has 0 aromatic heterocycles. The second-order valence-corrected chi connectivity index (χ2v) is 4.58. The highest BCUT2D eigenvalue weighted by molar-refractivity contribution is 6.22. The van der Waals surface area contributed by atoms with Crippen LogP contribution >= 0.6 is 11.6 Å². The van der Waals surface area contributed by atoms with Crippen molar-refractivity contribution in [2.24, 2.45) is 0 Å². The van der Waals surface area contributed by atoms with Gasteiger partial charge in [0, 0.05) is 0 Å². The van der Waals surface area contributed by atoms with E-state index in [1.807, 2.05) is 55.5 Å². The molecule has 0 bridgehead atoms. The maximum absolute atomic E-state index is 6.49. The van der Waals surface area contributed by atoms with Gasteiger partial charge in [-0.25, -0.2) is 0 Å². The van der Waals surface area contributed by atoms with Gasteiger partial charge in [-0.1, -0.05) is 24.3 Å². The molecule has 0 spiro atoms. The van der Waals surface area contributed by atoms with Crippen molar-refractivity contribution < 1.29 is 9.47 Å². The van der Waals surface area contributed by atoms with Crippen LogP contribution in [-0.2, 0) is 0 Å². The molecule has 0 heterocycles. The van der Waals surface area contributed by atoms with Crippen molar-refractivity contribution >= 4 is 11.6 Å². The van der Waals surface area contributed by atoms with E-state index in [4.69, 9.17) is 21.1 Å². The lowest BCUT2D eigenvalue weighted by molar-refractivity contribution is 0.340. The van der Waals surface area contributed by atoms with Gasteiger partial charge in [0.1, 0.15) is 11.5 Å². The molecule has 1 atom stereocenters. The van der Waals surface area contributed by atoms with Gasteiger partial charge in [-0.15, -0.1) is 11.6 Å². The molecule has 1 unspecified atom stereocenters. The monoisotopic (exact) mass is 276 g/mol. The van der Waals surface area contributed by atoms with Crippen molar-refractivity contribution in [3.63, 3.8) is 0 Å². The quantitative estimate of drug-likeness (QED) is 0.753. The smallest absolute Gasteiger partial charge is 0.119 e. The van der Waals surface area contributed by atoms with Gasteiger partial charge in [0.2, 0.25) is 0 Å². The van der Waals surface area contributed by atoms with Crippen molar-refractivity contribution in [1.29, 1.82) is 0 Å². The van der Waals surface area contributed by atoms with E-state index < -0.39 is 0 Å². The van der Waals surface area contributed by atoms with Gasteiger partial charge in [-0.3, -0.25) is 0 Å². The van der Waals surface area contributed by atoms with Gasteiger partial charge in [-0.05, 0) is 42.3 Å². The predicted molar refractivity (Wildman–Crippen MR) is 78.3 cm³/mol. The van der Waals surface area contributed by atoms with Crippen molar-refractivity contribution in [3.05, 3.63) is 59.7 Å². The normalized spacial score (nSPS) is 11.9. The van der Waals surface area contributed by atoms with Crippen LogP contribution in [0.1, 0.15) is 23.4 Å². The van der Waals surface area contributed by atoms with E-state index in [0.29, 0.717) is 6.61 Å². The van der Waals surface area contributed by atoms with E-state index in [1.54, 1.807) is 7.11 Å². The molecule has 2 nitrogen and oxygen atoms in total. The number of alkyl halides is 1. The zero-order chi connectivity index (χ0) is 13.7. The minimum atomic E-state index is -0.189. The number of benzene rings is 2. The summed E-state index contributed by atoms with van der Waals surface area (Å²) in [5.74, 6) is 1.68. The molecule has 0 N–H and O–H groups in total. The Labute approximate surface area is 118 Å². The molecule has 0 saturated heterocycles. The Hall–Kier alpha value is -1.67. The number of methoxy groups -OCH3 is 1. The number of halogens is 1. The summed E-state index contributed by atoms with van der Waals surface area (Å²) in [5, 5.41) is -0.189. The maximum atomic E-state index is 6.49. The van der Waals surface area contributed by atoms with Crippen LogP contribution in [0, 0.1) is 0 Å². The average Bonchev–Trinajstić information content (AvgIpc) is 2.48. The van der Waals surface area contributed by atoms with Crippen molar-refractivity contribution in [3.8, 4) is 11.5 Å². The minimum absolute atomic E-state index is 0.189. The maximum Gasteiger partial charge on any atom is 0.119 e. The first-order valence-electron chi connectivity index (χ1n) is 6.25. The van der Waals surface area contributed by atoms with Crippen LogP contribution in [0.3, 0.4) is 0 Å². The number of hydrogen-bond acceptors (Lipinski definition) is 2. The standard InChI is InChI=1S/C16H17ClO2/c1-3-19-14-9-7-12(8-10-14)16(17)13-5-4-6-15(11-13)18-2/h4-11,16H,3H2,1-2H3. The van der Waals surface area contributed by atoms with Crippen LogP contribution < -0.4 is 9.47 Å². The van der Waals surface area contributed by atoms with E-state index in [1.165, 1.54) is 0 Å². The van der Waals surface area contributed by atoms with E-state index >= 15 is 0 Å². The highest BCUT2D eigenvalue weighted by Crippen LogP contribution is 2.31. The van der Waals surface area contributed by atoms with Gasteiger partial charge in [-0.2, -0.15) is 0 Å². The fourth-order valence-electron chi connectivity index (χ4n) is 1.89. The molecule has 2 rings (SSSR count). The number of rotatable bonds is 5. The summed E-state index contributed by atoms with van der Waals surface area (Å²) >= 11 is 6.49. The first-order valence-corrected chi connectivity index (χ1v) is 6.69. The van der Waals surface area contributed by atoms with Gasteiger partial charge in [0.25, 0.3) is 0 Å². The fraction of sp³-hybridized carbons (Fsp3) is 0.250. The third-order valence-electron chi connectivity index (χ3n) is 2.87. The second kappa shape index (κ2) is 6.48. The lowest BCUT2D eigenvalue weighted by atomic mass is 10.0. The summed E-state index contributed by atoms with van der Waals surface area (Å²) in [6.07, 6.45) is 0. The molecule has 2 aromatic carbocycles. The molecule has 0 fully saturated rings. The van der Waals surface area contributed by atoms with Crippen LogP contribution in [-0.4, -0.2) is 13.7 Å². The summed E-state index contributed by atoms with van der Waals surface area (Å²) in [6, 6.07) is 15.7. The SMILES string of the molecule is CCOc1ccc(C(Cl)c2cccc(OC)c2)cc1. The average molecular weight is 277 g/mol. The zero-order valence-corrected chi connectivity index (χ0v) is 11.9. The molecule has 0 saturated carbocycles. The van der Waals surface area contributed by atoms with Crippen LogP contribution in [0.15, 0.2) is 48.5 Å². The number of hydrogen-bond donors (Lipinski definition) is 0. The molecule has 19 heavy (non-hydrogen) atoms. The van der Waals surface area contributed by atoms with Crippen molar-refractivity contribution in [1.82, 2.24) is 0 Å². The summed E-state index contributed by atoms with van der Waals surface area (Å²) in [7, 11) is 1.65. The molecule has 2 aromatic rings. The minimum Gasteiger partial charge on any atom is -0.497 e. The molecule has 0 amide bonds. The van der Waals surface area contributed by atoms with E-state index in [9.17, 15) is 0 Å². The zero-order valence-electron chi connectivity index (χ0n) is 11.1. The lowest BCUT2D eigenvalue weighted by Crippen LogP contribution is -1.95. The Morgan fingerprint density at radius 3 is 2.37 bits per heavy atom. The fourth-order valence-corrected chi connectivity index (χ4v) is 2.17. The predicted octanol–water partition coefficient (Wildman–Crippen LogP) is 4.42. The lowest BCUT2D eigenvalue weighted by Gasteiger charge is -2.12. The van der Waals surface area contributed by atoms with Crippen LogP contribution in [0.5, 0.6) is 11.5 Å². The van der Waals surface area contributed by atoms with Crippen molar-refractivity contribution in [2.75, 3.05) is 13.7 Å². The van der Waals surface area contributed by atoms with E-state index in [0.717, 1.165) is 22.6 Å². The van der Waals surface area contributed by atoms with Crippen LogP contribution in [0.25, 0.3) is 0 Å². The Bertz CT molecular complexity index is 523. The highest BCUT2D eigenvalue weighted by Gasteiger charge is 2.11. The van der Waals surface area contributed by atoms with Gasteiger partial charge < -0.3 is 9.47 Å². The Balaban J connectivity index is 2.20. The highest BCUT2D eigenvalue weighted by atomic mass is 35.5. The van der Waals surface area contributed by atoms with Crippen LogP contribution in [0.4, 0.5) is 0 Å². The summed E-state index contributed by atoms with van der Waals surface area (Å²) in [6.45, 7) is 2.63. The van der Waals surface area contributed by atoms with Gasteiger partial charge in [0.15, 0.2) is 0 Å². The van der Waals surface area contributed by atoms with Crippen LogP contribution in [0.2, 0.25) is 0 Å². The summed E-state index contributed by atoms with van der Waals surface area (Å²) in [5.41, 5.74) is 2.06. The topological polar surface area (TPSA) is 18.5 Å².